The molecule has 1 aromatic carbocycles. The van der Waals surface area contributed by atoms with E-state index in [0.717, 1.165) is 30.4 Å². The highest BCUT2D eigenvalue weighted by molar-refractivity contribution is 5.79. The average Bonchev–Trinajstić information content (AvgIpc) is 2.62. The predicted octanol–water partition coefficient (Wildman–Crippen LogP) is 2.96. The summed E-state index contributed by atoms with van der Waals surface area (Å²) in [6.07, 6.45) is 7.45. The Balaban J connectivity index is 1.59. The molecule has 0 saturated heterocycles. The first kappa shape index (κ1) is 17.4. The lowest BCUT2D eigenvalue weighted by atomic mass is 9.96. The lowest BCUT2D eigenvalue weighted by Crippen LogP contribution is -2.44. The van der Waals surface area contributed by atoms with Gasteiger partial charge in [0, 0.05) is 19.6 Å². The zero-order valence-corrected chi connectivity index (χ0v) is 14.3. The van der Waals surface area contributed by atoms with Crippen LogP contribution in [-0.2, 0) is 0 Å². The van der Waals surface area contributed by atoms with E-state index in [4.69, 9.17) is 9.47 Å². The molecule has 5 heteroatoms. The Morgan fingerprint density at radius 2 is 1.83 bits per heavy atom. The first-order valence-corrected chi connectivity index (χ1v) is 8.56. The van der Waals surface area contributed by atoms with Crippen molar-refractivity contribution in [2.24, 2.45) is 4.99 Å². The van der Waals surface area contributed by atoms with Crippen LogP contribution < -0.4 is 20.1 Å². The zero-order valence-electron chi connectivity index (χ0n) is 14.3. The van der Waals surface area contributed by atoms with Crippen LogP contribution in [0.1, 0.15) is 38.5 Å². The van der Waals surface area contributed by atoms with Crippen molar-refractivity contribution in [2.45, 2.75) is 44.6 Å². The minimum atomic E-state index is 0.575. The average molecular weight is 319 g/mol. The fourth-order valence-corrected chi connectivity index (χ4v) is 2.78. The topological polar surface area (TPSA) is 54.9 Å². The molecule has 0 radical (unpaired) electrons. The Kier molecular flexibility index (Phi) is 7.57. The Labute approximate surface area is 139 Å². The predicted molar refractivity (Wildman–Crippen MR) is 94.5 cm³/mol. The van der Waals surface area contributed by atoms with E-state index in [2.05, 4.69) is 15.6 Å². The van der Waals surface area contributed by atoms with Gasteiger partial charge >= 0.3 is 0 Å². The van der Waals surface area contributed by atoms with Crippen LogP contribution in [-0.4, -0.2) is 39.3 Å². The number of benzene rings is 1. The van der Waals surface area contributed by atoms with Crippen molar-refractivity contribution in [1.29, 1.82) is 0 Å². The van der Waals surface area contributed by atoms with E-state index in [9.17, 15) is 0 Å². The van der Waals surface area contributed by atoms with Crippen molar-refractivity contribution in [3.63, 3.8) is 0 Å². The molecule has 2 N–H and O–H groups in total. The molecule has 23 heavy (non-hydrogen) atoms. The molecule has 0 aliphatic heterocycles. The molecule has 1 saturated carbocycles. The fraction of sp³-hybridized carbons (Fsp3) is 0.611. The molecular weight excluding hydrogens is 290 g/mol. The molecule has 1 fully saturated rings. The van der Waals surface area contributed by atoms with E-state index in [1.807, 2.05) is 31.3 Å². The van der Waals surface area contributed by atoms with Gasteiger partial charge in [-0.3, -0.25) is 4.99 Å². The van der Waals surface area contributed by atoms with Gasteiger partial charge in [-0.2, -0.15) is 0 Å². The zero-order chi connectivity index (χ0) is 16.3. The van der Waals surface area contributed by atoms with Gasteiger partial charge in [-0.1, -0.05) is 19.3 Å². The maximum Gasteiger partial charge on any atom is 0.191 e. The molecule has 0 spiro atoms. The Morgan fingerprint density at radius 1 is 1.13 bits per heavy atom. The van der Waals surface area contributed by atoms with Gasteiger partial charge in [0.05, 0.1) is 13.7 Å². The molecule has 0 bridgehead atoms. The third-order valence-electron chi connectivity index (χ3n) is 4.11. The second kappa shape index (κ2) is 9.98. The van der Waals surface area contributed by atoms with Crippen LogP contribution in [0.25, 0.3) is 0 Å². The molecule has 0 heterocycles. The van der Waals surface area contributed by atoms with E-state index in [1.165, 1.54) is 32.1 Å². The van der Waals surface area contributed by atoms with Gasteiger partial charge in [0.1, 0.15) is 11.5 Å². The summed E-state index contributed by atoms with van der Waals surface area (Å²) < 4.78 is 10.8. The lowest BCUT2D eigenvalue weighted by molar-refractivity contribution is 0.310. The SMILES string of the molecule is CN=C(NCCCOc1ccc(OC)cc1)NC1CCCCC1. The van der Waals surface area contributed by atoms with Gasteiger partial charge in [0.15, 0.2) is 5.96 Å². The van der Waals surface area contributed by atoms with Crippen molar-refractivity contribution in [1.82, 2.24) is 10.6 Å². The number of hydrogen-bond acceptors (Lipinski definition) is 3. The summed E-state index contributed by atoms with van der Waals surface area (Å²) in [6.45, 7) is 1.53. The van der Waals surface area contributed by atoms with E-state index in [1.54, 1.807) is 7.11 Å². The van der Waals surface area contributed by atoms with Crippen LogP contribution in [0.3, 0.4) is 0 Å². The number of guanidine groups is 1. The number of nitrogens with one attached hydrogen (secondary N) is 2. The standard InChI is InChI=1S/C18H29N3O2/c1-19-18(21-15-7-4-3-5-8-15)20-13-6-14-23-17-11-9-16(22-2)10-12-17/h9-12,15H,3-8,13-14H2,1-2H3,(H2,19,20,21). The van der Waals surface area contributed by atoms with Crippen molar-refractivity contribution in [2.75, 3.05) is 27.3 Å². The molecule has 1 aliphatic carbocycles. The molecule has 0 atom stereocenters. The summed E-state index contributed by atoms with van der Waals surface area (Å²) in [5.41, 5.74) is 0. The number of nitrogens with zero attached hydrogens (tertiary/aromatic N) is 1. The van der Waals surface area contributed by atoms with Gasteiger partial charge in [-0.05, 0) is 43.5 Å². The van der Waals surface area contributed by atoms with Crippen LogP contribution in [0.2, 0.25) is 0 Å². The molecule has 1 aliphatic rings. The van der Waals surface area contributed by atoms with Crippen molar-refractivity contribution < 1.29 is 9.47 Å². The van der Waals surface area contributed by atoms with Gasteiger partial charge in [-0.15, -0.1) is 0 Å². The van der Waals surface area contributed by atoms with E-state index >= 15 is 0 Å². The highest BCUT2D eigenvalue weighted by Crippen LogP contribution is 2.17. The third-order valence-corrected chi connectivity index (χ3v) is 4.11. The monoisotopic (exact) mass is 319 g/mol. The second-order valence-corrected chi connectivity index (χ2v) is 5.86. The fourth-order valence-electron chi connectivity index (χ4n) is 2.78. The van der Waals surface area contributed by atoms with Gasteiger partial charge in [0.2, 0.25) is 0 Å². The van der Waals surface area contributed by atoms with E-state index in [0.29, 0.717) is 12.6 Å². The number of ether oxygens (including phenoxy) is 2. The number of aliphatic imine (C=N–C) groups is 1. The molecule has 0 amide bonds. The smallest absolute Gasteiger partial charge is 0.191 e. The molecule has 0 aromatic heterocycles. The first-order chi connectivity index (χ1) is 11.3. The Bertz CT molecular complexity index is 468. The Hall–Kier alpha value is -1.91. The second-order valence-electron chi connectivity index (χ2n) is 5.86. The number of methoxy groups -OCH3 is 1. The third kappa shape index (κ3) is 6.38. The van der Waals surface area contributed by atoms with Crippen LogP contribution in [0, 0.1) is 0 Å². The normalized spacial score (nSPS) is 16.0. The van der Waals surface area contributed by atoms with Gasteiger partial charge in [0.25, 0.3) is 0 Å². The molecule has 0 unspecified atom stereocenters. The number of hydrogen-bond donors (Lipinski definition) is 2. The minimum Gasteiger partial charge on any atom is -0.497 e. The van der Waals surface area contributed by atoms with E-state index in [-0.39, 0.29) is 0 Å². The highest BCUT2D eigenvalue weighted by atomic mass is 16.5. The minimum absolute atomic E-state index is 0.575. The summed E-state index contributed by atoms with van der Waals surface area (Å²) in [4.78, 5) is 4.30. The quantitative estimate of drug-likeness (QED) is 0.461. The summed E-state index contributed by atoms with van der Waals surface area (Å²) in [5.74, 6) is 2.62. The summed E-state index contributed by atoms with van der Waals surface area (Å²) in [5, 5.41) is 6.87. The Morgan fingerprint density at radius 3 is 2.48 bits per heavy atom. The van der Waals surface area contributed by atoms with E-state index < -0.39 is 0 Å². The maximum absolute atomic E-state index is 5.72. The van der Waals surface area contributed by atoms with Crippen LogP contribution in [0.4, 0.5) is 0 Å². The summed E-state index contributed by atoms with van der Waals surface area (Å²) >= 11 is 0. The van der Waals surface area contributed by atoms with Gasteiger partial charge < -0.3 is 20.1 Å². The largest absolute Gasteiger partial charge is 0.497 e. The molecule has 128 valence electrons. The summed E-state index contributed by atoms with van der Waals surface area (Å²) in [6, 6.07) is 8.24. The van der Waals surface area contributed by atoms with Crippen molar-refractivity contribution in [3.8, 4) is 11.5 Å². The van der Waals surface area contributed by atoms with Crippen LogP contribution >= 0.6 is 0 Å². The maximum atomic E-state index is 5.72. The molecule has 1 aromatic rings. The lowest BCUT2D eigenvalue weighted by Gasteiger charge is -2.24. The highest BCUT2D eigenvalue weighted by Gasteiger charge is 2.14. The summed E-state index contributed by atoms with van der Waals surface area (Å²) in [7, 11) is 3.49. The van der Waals surface area contributed by atoms with Gasteiger partial charge in [-0.25, -0.2) is 0 Å². The van der Waals surface area contributed by atoms with Crippen LogP contribution in [0.5, 0.6) is 11.5 Å². The molecule has 5 nitrogen and oxygen atoms in total. The molecular formula is C18H29N3O2. The van der Waals surface area contributed by atoms with Crippen LogP contribution in [0.15, 0.2) is 29.3 Å². The van der Waals surface area contributed by atoms with Crippen molar-refractivity contribution in [3.05, 3.63) is 24.3 Å². The van der Waals surface area contributed by atoms with Crippen molar-refractivity contribution >= 4 is 5.96 Å². The molecule has 2 rings (SSSR count). The number of rotatable bonds is 7. The first-order valence-electron chi connectivity index (χ1n) is 8.56.